The van der Waals surface area contributed by atoms with E-state index in [2.05, 4.69) is 39.5 Å². The molecule has 0 spiro atoms. The van der Waals surface area contributed by atoms with Crippen LogP contribution < -0.4 is 10.2 Å². The Morgan fingerprint density at radius 2 is 1.88 bits per heavy atom. The van der Waals surface area contributed by atoms with Crippen LogP contribution in [0, 0.1) is 0 Å². The zero-order chi connectivity index (χ0) is 17.5. The highest BCUT2D eigenvalue weighted by Crippen LogP contribution is 2.19. The number of anilines is 2. The number of nitrogens with zero attached hydrogens (tertiary/aromatic N) is 4. The molecule has 0 radical (unpaired) electrons. The molecule has 0 unspecified atom stereocenters. The molecule has 3 rings (SSSR count). The fourth-order valence-corrected chi connectivity index (χ4v) is 2.54. The van der Waals surface area contributed by atoms with E-state index >= 15 is 0 Å². The molecule has 0 aliphatic carbocycles. The second-order valence-electron chi connectivity index (χ2n) is 5.85. The molecule has 6 nitrogen and oxygen atoms in total. The number of hydrogen-bond acceptors (Lipinski definition) is 4. The van der Waals surface area contributed by atoms with Crippen molar-refractivity contribution in [2.75, 3.05) is 17.3 Å². The van der Waals surface area contributed by atoms with Crippen LogP contribution in [0.25, 0.3) is 0 Å². The van der Waals surface area contributed by atoms with Crippen molar-refractivity contribution in [3.63, 3.8) is 0 Å². The number of aromatic nitrogens is 3. The van der Waals surface area contributed by atoms with Gasteiger partial charge >= 0.3 is 0 Å². The van der Waals surface area contributed by atoms with Crippen molar-refractivity contribution in [1.29, 1.82) is 0 Å². The Hall–Kier alpha value is -3.15. The Morgan fingerprint density at radius 3 is 2.56 bits per heavy atom. The van der Waals surface area contributed by atoms with E-state index in [0.29, 0.717) is 13.0 Å². The molecule has 1 amide bonds. The standard InChI is InChI=1S/C19H21N5O/c1-23(13-16-5-3-2-4-6-16)18-9-7-17(8-10-18)22-19(25)11-12-24-15-20-14-21-24/h2-10,14-15H,11-13H2,1H3,(H,22,25). The van der Waals surface area contributed by atoms with Gasteiger partial charge in [0.05, 0.1) is 6.54 Å². The minimum Gasteiger partial charge on any atom is -0.370 e. The summed E-state index contributed by atoms with van der Waals surface area (Å²) in [5, 5.41) is 6.88. The smallest absolute Gasteiger partial charge is 0.226 e. The molecular weight excluding hydrogens is 314 g/mol. The van der Waals surface area contributed by atoms with Crippen LogP contribution in [0.5, 0.6) is 0 Å². The van der Waals surface area contributed by atoms with Crippen molar-refractivity contribution in [3.8, 4) is 0 Å². The predicted molar refractivity (Wildman–Crippen MR) is 98.3 cm³/mol. The number of benzene rings is 2. The summed E-state index contributed by atoms with van der Waals surface area (Å²) in [6.45, 7) is 1.36. The first-order chi connectivity index (χ1) is 12.2. The van der Waals surface area contributed by atoms with Crippen molar-refractivity contribution in [2.24, 2.45) is 0 Å². The van der Waals surface area contributed by atoms with Gasteiger partial charge in [-0.05, 0) is 29.8 Å². The summed E-state index contributed by atoms with van der Waals surface area (Å²) < 4.78 is 1.64. The van der Waals surface area contributed by atoms with Crippen molar-refractivity contribution in [1.82, 2.24) is 14.8 Å². The number of hydrogen-bond donors (Lipinski definition) is 1. The topological polar surface area (TPSA) is 63.1 Å². The SMILES string of the molecule is CN(Cc1ccccc1)c1ccc(NC(=O)CCn2cncn2)cc1. The molecule has 1 aromatic heterocycles. The molecule has 0 aliphatic rings. The van der Waals surface area contributed by atoms with Gasteiger partial charge in [0, 0.05) is 31.4 Å². The van der Waals surface area contributed by atoms with E-state index in [0.717, 1.165) is 17.9 Å². The lowest BCUT2D eigenvalue weighted by Crippen LogP contribution is -2.17. The van der Waals surface area contributed by atoms with Crippen LogP contribution >= 0.6 is 0 Å². The Balaban J connectivity index is 1.52. The Morgan fingerprint density at radius 1 is 1.12 bits per heavy atom. The fourth-order valence-electron chi connectivity index (χ4n) is 2.54. The lowest BCUT2D eigenvalue weighted by Gasteiger charge is -2.19. The molecule has 0 atom stereocenters. The summed E-state index contributed by atoms with van der Waals surface area (Å²) in [5.74, 6) is -0.0408. The van der Waals surface area contributed by atoms with E-state index in [-0.39, 0.29) is 5.91 Å². The average Bonchev–Trinajstić information content (AvgIpc) is 3.15. The molecule has 3 aromatic rings. The number of amides is 1. The predicted octanol–water partition coefficient (Wildman–Crippen LogP) is 2.94. The zero-order valence-electron chi connectivity index (χ0n) is 14.2. The van der Waals surface area contributed by atoms with Crippen molar-refractivity contribution < 1.29 is 4.79 Å². The summed E-state index contributed by atoms with van der Waals surface area (Å²) in [6, 6.07) is 18.2. The minimum atomic E-state index is -0.0408. The highest BCUT2D eigenvalue weighted by Gasteiger charge is 2.05. The van der Waals surface area contributed by atoms with E-state index in [9.17, 15) is 4.79 Å². The Labute approximate surface area is 147 Å². The van der Waals surface area contributed by atoms with Gasteiger partial charge in [0.15, 0.2) is 0 Å². The number of rotatable bonds is 7. The molecule has 2 aromatic carbocycles. The third-order valence-electron chi connectivity index (χ3n) is 3.89. The molecular formula is C19H21N5O. The summed E-state index contributed by atoms with van der Waals surface area (Å²) in [4.78, 5) is 18.0. The first kappa shape index (κ1) is 16.7. The molecule has 25 heavy (non-hydrogen) atoms. The van der Waals surface area contributed by atoms with Crippen LogP contribution in [0.2, 0.25) is 0 Å². The molecule has 6 heteroatoms. The van der Waals surface area contributed by atoms with Gasteiger partial charge in [-0.15, -0.1) is 0 Å². The maximum atomic E-state index is 12.0. The normalized spacial score (nSPS) is 10.4. The lowest BCUT2D eigenvalue weighted by molar-refractivity contribution is -0.116. The lowest BCUT2D eigenvalue weighted by atomic mass is 10.2. The van der Waals surface area contributed by atoms with Gasteiger partial charge < -0.3 is 10.2 Å². The molecule has 128 valence electrons. The monoisotopic (exact) mass is 335 g/mol. The van der Waals surface area contributed by atoms with Gasteiger partial charge in [-0.1, -0.05) is 30.3 Å². The number of carbonyl (C=O) groups excluding carboxylic acids is 1. The first-order valence-corrected chi connectivity index (χ1v) is 8.18. The molecule has 0 saturated heterocycles. The van der Waals surface area contributed by atoms with E-state index in [1.807, 2.05) is 42.5 Å². The summed E-state index contributed by atoms with van der Waals surface area (Å²) in [7, 11) is 2.05. The second-order valence-corrected chi connectivity index (χ2v) is 5.85. The van der Waals surface area contributed by atoms with E-state index < -0.39 is 0 Å². The third-order valence-corrected chi connectivity index (χ3v) is 3.89. The van der Waals surface area contributed by atoms with E-state index in [4.69, 9.17) is 0 Å². The largest absolute Gasteiger partial charge is 0.370 e. The van der Waals surface area contributed by atoms with Crippen LogP contribution in [-0.4, -0.2) is 27.7 Å². The van der Waals surface area contributed by atoms with Crippen LogP contribution in [0.4, 0.5) is 11.4 Å². The van der Waals surface area contributed by atoms with Crippen LogP contribution in [0.1, 0.15) is 12.0 Å². The van der Waals surface area contributed by atoms with Gasteiger partial charge in [-0.3, -0.25) is 9.48 Å². The van der Waals surface area contributed by atoms with Gasteiger partial charge in [0.25, 0.3) is 0 Å². The van der Waals surface area contributed by atoms with Gasteiger partial charge in [-0.2, -0.15) is 5.10 Å². The second kappa shape index (κ2) is 8.10. The molecule has 1 heterocycles. The fraction of sp³-hybridized carbons (Fsp3) is 0.211. The average molecular weight is 335 g/mol. The Bertz CT molecular complexity index is 784. The van der Waals surface area contributed by atoms with Crippen molar-refractivity contribution in [3.05, 3.63) is 72.8 Å². The first-order valence-electron chi connectivity index (χ1n) is 8.18. The quantitative estimate of drug-likeness (QED) is 0.721. The molecule has 0 aliphatic heterocycles. The minimum absolute atomic E-state index is 0.0408. The van der Waals surface area contributed by atoms with E-state index in [1.165, 1.54) is 11.9 Å². The highest BCUT2D eigenvalue weighted by atomic mass is 16.1. The van der Waals surface area contributed by atoms with Crippen LogP contribution in [-0.2, 0) is 17.9 Å². The molecule has 0 fully saturated rings. The number of nitrogens with one attached hydrogen (secondary N) is 1. The van der Waals surface area contributed by atoms with Gasteiger partial charge in [0.1, 0.15) is 12.7 Å². The van der Waals surface area contributed by atoms with Crippen LogP contribution in [0.15, 0.2) is 67.3 Å². The number of carbonyl (C=O) groups is 1. The summed E-state index contributed by atoms with van der Waals surface area (Å²) in [5.41, 5.74) is 3.15. The maximum Gasteiger partial charge on any atom is 0.226 e. The maximum absolute atomic E-state index is 12.0. The highest BCUT2D eigenvalue weighted by molar-refractivity contribution is 5.90. The Kier molecular flexibility index (Phi) is 5.41. The summed E-state index contributed by atoms with van der Waals surface area (Å²) >= 11 is 0. The van der Waals surface area contributed by atoms with Crippen molar-refractivity contribution >= 4 is 17.3 Å². The van der Waals surface area contributed by atoms with Crippen molar-refractivity contribution in [2.45, 2.75) is 19.5 Å². The molecule has 0 saturated carbocycles. The number of aryl methyl sites for hydroxylation is 1. The van der Waals surface area contributed by atoms with Gasteiger partial charge in [-0.25, -0.2) is 4.98 Å². The zero-order valence-corrected chi connectivity index (χ0v) is 14.2. The molecule has 1 N–H and O–H groups in total. The third kappa shape index (κ3) is 4.91. The van der Waals surface area contributed by atoms with E-state index in [1.54, 1.807) is 11.0 Å². The summed E-state index contributed by atoms with van der Waals surface area (Å²) in [6.07, 6.45) is 3.42. The van der Waals surface area contributed by atoms with Gasteiger partial charge in [0.2, 0.25) is 5.91 Å². The van der Waals surface area contributed by atoms with Crippen LogP contribution in [0.3, 0.4) is 0 Å². The molecule has 0 bridgehead atoms.